The summed E-state index contributed by atoms with van der Waals surface area (Å²) >= 11 is 6.04. The number of aryl methyl sites for hydroxylation is 1. The first-order valence-electron chi connectivity index (χ1n) is 9.07. The van der Waals surface area contributed by atoms with Gasteiger partial charge in [0.15, 0.2) is 5.96 Å². The maximum atomic E-state index is 12.1. The number of aliphatic imine (C=N–C) groups is 1. The lowest BCUT2D eigenvalue weighted by Crippen LogP contribution is -2.42. The van der Waals surface area contributed by atoms with Gasteiger partial charge in [-0.25, -0.2) is 0 Å². The van der Waals surface area contributed by atoms with Gasteiger partial charge in [-0.15, -0.1) is 0 Å². The molecule has 144 valence electrons. The van der Waals surface area contributed by atoms with Crippen LogP contribution in [0.3, 0.4) is 0 Å². The van der Waals surface area contributed by atoms with Gasteiger partial charge in [-0.1, -0.05) is 54.9 Å². The second-order valence-electron chi connectivity index (χ2n) is 6.24. The van der Waals surface area contributed by atoms with E-state index in [1.807, 2.05) is 7.05 Å². The lowest BCUT2D eigenvalue weighted by atomic mass is 10.1. The van der Waals surface area contributed by atoms with Crippen molar-refractivity contribution in [3.05, 3.63) is 70.2 Å². The molecule has 0 aliphatic rings. The fraction of sp³-hybridized carbons (Fsp3) is 0.333. The number of nitrogens with zero attached hydrogens (tertiary/aromatic N) is 2. The van der Waals surface area contributed by atoms with Gasteiger partial charge in [0.05, 0.1) is 10.6 Å². The van der Waals surface area contributed by atoms with Crippen LogP contribution in [0.5, 0.6) is 0 Å². The Balaban J connectivity index is 1.79. The minimum absolute atomic E-state index is 0.179. The van der Waals surface area contributed by atoms with E-state index >= 15 is 0 Å². The zero-order valence-electron chi connectivity index (χ0n) is 16.1. The van der Waals surface area contributed by atoms with Gasteiger partial charge in [0.2, 0.25) is 0 Å². The average Bonchev–Trinajstić information content (AvgIpc) is 2.68. The fourth-order valence-electron chi connectivity index (χ4n) is 2.70. The Kier molecular flexibility index (Phi) is 8.14. The highest BCUT2D eigenvalue weighted by Crippen LogP contribution is 2.14. The first kappa shape index (κ1) is 20.8. The molecule has 1 amide bonds. The Morgan fingerprint density at radius 3 is 2.30 bits per heavy atom. The number of nitrogens with one attached hydrogen (secondary N) is 2. The van der Waals surface area contributed by atoms with Crippen molar-refractivity contribution in [1.82, 2.24) is 15.5 Å². The number of halogens is 1. The molecule has 2 rings (SSSR count). The van der Waals surface area contributed by atoms with E-state index in [0.29, 0.717) is 23.7 Å². The van der Waals surface area contributed by atoms with Crippen molar-refractivity contribution in [1.29, 1.82) is 0 Å². The molecule has 2 aromatic rings. The quantitative estimate of drug-likeness (QED) is 0.436. The van der Waals surface area contributed by atoms with Gasteiger partial charge in [0.25, 0.3) is 5.91 Å². The summed E-state index contributed by atoms with van der Waals surface area (Å²) in [6.45, 7) is 3.96. The summed E-state index contributed by atoms with van der Waals surface area (Å²) in [6, 6.07) is 15.6. The van der Waals surface area contributed by atoms with E-state index in [2.05, 4.69) is 51.7 Å². The van der Waals surface area contributed by atoms with E-state index < -0.39 is 0 Å². The minimum Gasteiger partial charge on any atom is -0.354 e. The van der Waals surface area contributed by atoms with E-state index in [-0.39, 0.29) is 5.91 Å². The van der Waals surface area contributed by atoms with Crippen LogP contribution in [-0.2, 0) is 13.0 Å². The van der Waals surface area contributed by atoms with Crippen molar-refractivity contribution in [2.24, 2.45) is 4.99 Å². The fourth-order valence-corrected chi connectivity index (χ4v) is 2.93. The topological polar surface area (TPSA) is 56.7 Å². The van der Waals surface area contributed by atoms with E-state index in [9.17, 15) is 4.79 Å². The van der Waals surface area contributed by atoms with E-state index in [1.54, 1.807) is 31.3 Å². The number of hydrogen-bond acceptors (Lipinski definition) is 2. The summed E-state index contributed by atoms with van der Waals surface area (Å²) in [5, 5.41) is 6.57. The molecule has 2 N–H and O–H groups in total. The van der Waals surface area contributed by atoms with Gasteiger partial charge in [-0.3, -0.25) is 9.79 Å². The number of guanidine groups is 1. The molecule has 0 fully saturated rings. The van der Waals surface area contributed by atoms with Gasteiger partial charge in [-0.05, 0) is 29.7 Å². The molecule has 27 heavy (non-hydrogen) atoms. The summed E-state index contributed by atoms with van der Waals surface area (Å²) in [5.74, 6) is 0.600. The molecule has 0 saturated carbocycles. The molecule has 0 unspecified atom stereocenters. The summed E-state index contributed by atoms with van der Waals surface area (Å²) in [6.07, 6.45) is 1.04. The molecular formula is C21H27ClN4O. The van der Waals surface area contributed by atoms with E-state index in [0.717, 1.165) is 18.9 Å². The zero-order chi connectivity index (χ0) is 19.6. The predicted molar refractivity (Wildman–Crippen MR) is 112 cm³/mol. The lowest BCUT2D eigenvalue weighted by Gasteiger charge is -2.22. The van der Waals surface area contributed by atoms with Gasteiger partial charge >= 0.3 is 0 Å². The highest BCUT2D eigenvalue weighted by atomic mass is 35.5. The van der Waals surface area contributed by atoms with Crippen LogP contribution in [0.15, 0.2) is 53.5 Å². The van der Waals surface area contributed by atoms with Crippen molar-refractivity contribution in [2.45, 2.75) is 19.9 Å². The Bertz CT molecular complexity index is 774. The largest absolute Gasteiger partial charge is 0.354 e. The van der Waals surface area contributed by atoms with Crippen LogP contribution in [-0.4, -0.2) is 44.0 Å². The van der Waals surface area contributed by atoms with E-state index in [4.69, 9.17) is 11.6 Å². The molecule has 0 aromatic heterocycles. The summed E-state index contributed by atoms with van der Waals surface area (Å²) in [5.41, 5.74) is 3.04. The number of hydrogen-bond donors (Lipinski definition) is 2. The molecule has 0 aliphatic carbocycles. The zero-order valence-corrected chi connectivity index (χ0v) is 16.9. The maximum Gasteiger partial charge on any atom is 0.252 e. The van der Waals surface area contributed by atoms with Gasteiger partial charge in [0, 0.05) is 33.7 Å². The standard InChI is InChI=1S/C21H27ClN4O/c1-4-16-9-11-17(12-10-16)15-26(3)21(23-2)25-14-13-24-20(27)18-7-5-6-8-19(18)22/h5-12H,4,13-15H2,1-3H3,(H,23,25)(H,24,27). The number of benzene rings is 2. The molecule has 0 heterocycles. The van der Waals surface area contributed by atoms with Crippen molar-refractivity contribution in [2.75, 3.05) is 27.2 Å². The number of amides is 1. The Morgan fingerprint density at radius 2 is 1.67 bits per heavy atom. The van der Waals surface area contributed by atoms with Crippen molar-refractivity contribution in [3.63, 3.8) is 0 Å². The Morgan fingerprint density at radius 1 is 1.04 bits per heavy atom. The molecule has 0 bridgehead atoms. The highest BCUT2D eigenvalue weighted by molar-refractivity contribution is 6.33. The third-order valence-corrected chi connectivity index (χ3v) is 4.57. The molecular weight excluding hydrogens is 360 g/mol. The number of carbonyl (C=O) groups is 1. The number of carbonyl (C=O) groups excluding carboxylic acids is 1. The van der Waals surface area contributed by atoms with Gasteiger partial charge in [-0.2, -0.15) is 0 Å². The second kappa shape index (κ2) is 10.6. The second-order valence-corrected chi connectivity index (χ2v) is 6.64. The average molecular weight is 387 g/mol. The lowest BCUT2D eigenvalue weighted by molar-refractivity contribution is 0.0954. The Hall–Kier alpha value is -2.53. The summed E-state index contributed by atoms with van der Waals surface area (Å²) < 4.78 is 0. The first-order valence-corrected chi connectivity index (χ1v) is 9.45. The summed E-state index contributed by atoms with van der Waals surface area (Å²) in [4.78, 5) is 18.5. The number of rotatable bonds is 7. The molecule has 0 aliphatic heterocycles. The Labute approximate surface area is 166 Å². The monoisotopic (exact) mass is 386 g/mol. The molecule has 5 nitrogen and oxygen atoms in total. The van der Waals surface area contributed by atoms with Crippen molar-refractivity contribution < 1.29 is 4.79 Å². The molecule has 6 heteroatoms. The minimum atomic E-state index is -0.179. The van der Waals surface area contributed by atoms with E-state index in [1.165, 1.54) is 11.1 Å². The highest BCUT2D eigenvalue weighted by Gasteiger charge is 2.09. The van der Waals surface area contributed by atoms with Crippen LogP contribution < -0.4 is 10.6 Å². The first-order chi connectivity index (χ1) is 13.0. The third kappa shape index (κ3) is 6.29. The molecule has 2 aromatic carbocycles. The normalized spacial score (nSPS) is 11.2. The molecule has 0 spiro atoms. The maximum absolute atomic E-state index is 12.1. The van der Waals surface area contributed by atoms with Crippen LogP contribution in [0.25, 0.3) is 0 Å². The SMILES string of the molecule is CCc1ccc(CN(C)C(=NC)NCCNC(=O)c2ccccc2Cl)cc1. The molecule has 0 radical (unpaired) electrons. The predicted octanol–water partition coefficient (Wildman–Crippen LogP) is 3.34. The van der Waals surface area contributed by atoms with Gasteiger partial charge < -0.3 is 15.5 Å². The van der Waals surface area contributed by atoms with Crippen LogP contribution >= 0.6 is 11.6 Å². The van der Waals surface area contributed by atoms with Crippen LogP contribution in [0.1, 0.15) is 28.4 Å². The van der Waals surface area contributed by atoms with Crippen LogP contribution in [0.2, 0.25) is 5.02 Å². The van der Waals surface area contributed by atoms with Crippen LogP contribution in [0.4, 0.5) is 0 Å². The molecule has 0 saturated heterocycles. The van der Waals surface area contributed by atoms with Crippen molar-refractivity contribution >= 4 is 23.5 Å². The third-order valence-electron chi connectivity index (χ3n) is 4.24. The van der Waals surface area contributed by atoms with Crippen LogP contribution in [0, 0.1) is 0 Å². The smallest absolute Gasteiger partial charge is 0.252 e. The van der Waals surface area contributed by atoms with Gasteiger partial charge in [0.1, 0.15) is 0 Å². The summed E-state index contributed by atoms with van der Waals surface area (Å²) in [7, 11) is 3.74. The molecule has 0 atom stereocenters. The van der Waals surface area contributed by atoms with Crippen molar-refractivity contribution in [3.8, 4) is 0 Å².